The van der Waals surface area contributed by atoms with Crippen molar-refractivity contribution in [2.24, 2.45) is 0 Å². The molecular formula is C10H9FN2. The maximum Gasteiger partial charge on any atom is 0.123 e. The van der Waals surface area contributed by atoms with E-state index >= 15 is 0 Å². The van der Waals surface area contributed by atoms with Crippen LogP contribution in [-0.4, -0.2) is 10.2 Å². The second kappa shape index (κ2) is 3.01. The summed E-state index contributed by atoms with van der Waals surface area (Å²) in [5.41, 5.74) is 2.54. The molecule has 0 fully saturated rings. The van der Waals surface area contributed by atoms with Crippen molar-refractivity contribution < 1.29 is 4.39 Å². The zero-order chi connectivity index (χ0) is 9.26. The van der Waals surface area contributed by atoms with Gasteiger partial charge in [0.25, 0.3) is 0 Å². The summed E-state index contributed by atoms with van der Waals surface area (Å²) in [4.78, 5) is 0. The van der Waals surface area contributed by atoms with Crippen molar-refractivity contribution in [1.29, 1.82) is 0 Å². The van der Waals surface area contributed by atoms with E-state index in [1.54, 1.807) is 6.07 Å². The number of benzene rings is 1. The molecule has 0 aliphatic heterocycles. The fourth-order valence-corrected chi connectivity index (χ4v) is 1.21. The van der Waals surface area contributed by atoms with E-state index in [0.29, 0.717) is 0 Å². The Morgan fingerprint density at radius 3 is 2.77 bits per heavy atom. The van der Waals surface area contributed by atoms with Crippen molar-refractivity contribution >= 4 is 0 Å². The van der Waals surface area contributed by atoms with Crippen molar-refractivity contribution in [1.82, 2.24) is 10.2 Å². The SMILES string of the molecule is Cc1cc(-c2cccc(F)c2)n[nH]1. The standard InChI is InChI=1S/C10H9FN2/c1-7-5-10(13-12-7)8-3-2-4-9(11)6-8/h2-6H,1H3,(H,12,13). The van der Waals surface area contributed by atoms with E-state index in [1.165, 1.54) is 12.1 Å². The number of hydrogen-bond donors (Lipinski definition) is 1. The summed E-state index contributed by atoms with van der Waals surface area (Å²) in [5.74, 6) is -0.238. The lowest BCUT2D eigenvalue weighted by atomic mass is 10.1. The van der Waals surface area contributed by atoms with Gasteiger partial charge >= 0.3 is 0 Å². The predicted molar refractivity (Wildman–Crippen MR) is 48.7 cm³/mol. The largest absolute Gasteiger partial charge is 0.282 e. The molecular weight excluding hydrogens is 167 g/mol. The number of aromatic nitrogens is 2. The molecule has 1 aromatic heterocycles. The molecule has 2 rings (SSSR count). The van der Waals surface area contributed by atoms with Gasteiger partial charge in [0, 0.05) is 11.3 Å². The maximum atomic E-state index is 12.8. The minimum atomic E-state index is -0.238. The predicted octanol–water partition coefficient (Wildman–Crippen LogP) is 2.52. The Morgan fingerprint density at radius 1 is 1.31 bits per heavy atom. The van der Waals surface area contributed by atoms with Gasteiger partial charge in [-0.25, -0.2) is 4.39 Å². The molecule has 1 aromatic carbocycles. The Kier molecular flexibility index (Phi) is 1.85. The van der Waals surface area contributed by atoms with Crippen LogP contribution in [0.15, 0.2) is 30.3 Å². The molecule has 0 aliphatic carbocycles. The summed E-state index contributed by atoms with van der Waals surface area (Å²) in [6.45, 7) is 1.91. The van der Waals surface area contributed by atoms with Crippen molar-refractivity contribution in [3.05, 3.63) is 41.8 Å². The van der Waals surface area contributed by atoms with E-state index in [0.717, 1.165) is 17.0 Å². The average molecular weight is 176 g/mol. The number of nitrogens with zero attached hydrogens (tertiary/aromatic N) is 1. The number of H-pyrrole nitrogens is 1. The fraction of sp³-hybridized carbons (Fsp3) is 0.100. The van der Waals surface area contributed by atoms with Crippen LogP contribution in [0.25, 0.3) is 11.3 Å². The number of nitrogens with one attached hydrogen (secondary N) is 1. The van der Waals surface area contributed by atoms with Crippen LogP contribution in [0.5, 0.6) is 0 Å². The molecule has 0 atom stereocenters. The maximum absolute atomic E-state index is 12.8. The van der Waals surface area contributed by atoms with E-state index in [1.807, 2.05) is 19.1 Å². The van der Waals surface area contributed by atoms with E-state index in [-0.39, 0.29) is 5.82 Å². The highest BCUT2D eigenvalue weighted by Crippen LogP contribution is 2.17. The molecule has 3 heteroatoms. The van der Waals surface area contributed by atoms with E-state index in [9.17, 15) is 4.39 Å². The van der Waals surface area contributed by atoms with Gasteiger partial charge < -0.3 is 0 Å². The first-order valence-corrected chi connectivity index (χ1v) is 4.03. The van der Waals surface area contributed by atoms with Crippen molar-refractivity contribution in [2.45, 2.75) is 6.92 Å². The van der Waals surface area contributed by atoms with Crippen LogP contribution in [0, 0.1) is 12.7 Å². The third-order valence-electron chi connectivity index (χ3n) is 1.83. The van der Waals surface area contributed by atoms with Gasteiger partial charge in [-0.2, -0.15) is 5.10 Å². The van der Waals surface area contributed by atoms with Gasteiger partial charge in [0.2, 0.25) is 0 Å². The van der Waals surface area contributed by atoms with Gasteiger partial charge in [-0.1, -0.05) is 12.1 Å². The number of aromatic amines is 1. The summed E-state index contributed by atoms with van der Waals surface area (Å²) >= 11 is 0. The van der Waals surface area contributed by atoms with E-state index < -0.39 is 0 Å². The average Bonchev–Trinajstić information content (AvgIpc) is 2.52. The first kappa shape index (κ1) is 7.98. The zero-order valence-corrected chi connectivity index (χ0v) is 7.21. The van der Waals surface area contributed by atoms with Crippen molar-refractivity contribution in [3.8, 4) is 11.3 Å². The molecule has 0 amide bonds. The van der Waals surface area contributed by atoms with Crippen LogP contribution >= 0.6 is 0 Å². The second-order valence-corrected chi connectivity index (χ2v) is 2.95. The molecule has 0 radical (unpaired) electrons. The Hall–Kier alpha value is -1.64. The first-order chi connectivity index (χ1) is 6.25. The monoisotopic (exact) mass is 176 g/mol. The Balaban J connectivity index is 2.46. The lowest BCUT2D eigenvalue weighted by molar-refractivity contribution is 0.628. The van der Waals surface area contributed by atoms with E-state index in [4.69, 9.17) is 0 Å². The molecule has 1 N–H and O–H groups in total. The topological polar surface area (TPSA) is 28.7 Å². The van der Waals surface area contributed by atoms with Crippen LogP contribution in [0.2, 0.25) is 0 Å². The Bertz CT molecular complexity index is 420. The van der Waals surface area contributed by atoms with Crippen LogP contribution in [0.3, 0.4) is 0 Å². The Labute approximate surface area is 75.4 Å². The second-order valence-electron chi connectivity index (χ2n) is 2.95. The molecule has 0 unspecified atom stereocenters. The minimum Gasteiger partial charge on any atom is -0.282 e. The van der Waals surface area contributed by atoms with Crippen molar-refractivity contribution in [2.75, 3.05) is 0 Å². The molecule has 0 bridgehead atoms. The molecule has 0 saturated carbocycles. The van der Waals surface area contributed by atoms with Gasteiger partial charge in [0.1, 0.15) is 5.82 Å². The third kappa shape index (κ3) is 1.59. The third-order valence-corrected chi connectivity index (χ3v) is 1.83. The van der Waals surface area contributed by atoms with Gasteiger partial charge in [-0.3, -0.25) is 5.10 Å². The summed E-state index contributed by atoms with van der Waals surface area (Å²) < 4.78 is 12.8. The molecule has 1 heterocycles. The highest BCUT2D eigenvalue weighted by atomic mass is 19.1. The normalized spacial score (nSPS) is 10.3. The van der Waals surface area contributed by atoms with Crippen LogP contribution in [-0.2, 0) is 0 Å². The van der Waals surface area contributed by atoms with Gasteiger partial charge in [0.05, 0.1) is 5.69 Å². The van der Waals surface area contributed by atoms with Crippen LogP contribution in [0.4, 0.5) is 4.39 Å². The van der Waals surface area contributed by atoms with Crippen LogP contribution < -0.4 is 0 Å². The lowest BCUT2D eigenvalue weighted by Gasteiger charge is -1.94. The zero-order valence-electron chi connectivity index (χ0n) is 7.21. The molecule has 0 saturated heterocycles. The quantitative estimate of drug-likeness (QED) is 0.710. The molecule has 2 nitrogen and oxygen atoms in total. The van der Waals surface area contributed by atoms with E-state index in [2.05, 4.69) is 10.2 Å². The summed E-state index contributed by atoms with van der Waals surface area (Å²) in [6.07, 6.45) is 0. The first-order valence-electron chi connectivity index (χ1n) is 4.03. The fourth-order valence-electron chi connectivity index (χ4n) is 1.21. The molecule has 0 aliphatic rings. The van der Waals surface area contributed by atoms with Crippen LogP contribution in [0.1, 0.15) is 5.69 Å². The number of aryl methyl sites for hydroxylation is 1. The lowest BCUT2D eigenvalue weighted by Crippen LogP contribution is -1.79. The Morgan fingerprint density at radius 2 is 2.15 bits per heavy atom. The highest BCUT2D eigenvalue weighted by molar-refractivity contribution is 5.58. The summed E-state index contributed by atoms with van der Waals surface area (Å²) in [5, 5.41) is 6.85. The van der Waals surface area contributed by atoms with Gasteiger partial charge in [-0.05, 0) is 25.1 Å². The van der Waals surface area contributed by atoms with Gasteiger partial charge in [0.15, 0.2) is 0 Å². The minimum absolute atomic E-state index is 0.238. The number of halogens is 1. The molecule has 2 aromatic rings. The smallest absolute Gasteiger partial charge is 0.123 e. The molecule has 66 valence electrons. The van der Waals surface area contributed by atoms with Crippen molar-refractivity contribution in [3.63, 3.8) is 0 Å². The summed E-state index contributed by atoms with van der Waals surface area (Å²) in [7, 11) is 0. The highest BCUT2D eigenvalue weighted by Gasteiger charge is 2.01. The number of hydrogen-bond acceptors (Lipinski definition) is 1. The molecule has 0 spiro atoms. The number of rotatable bonds is 1. The summed E-state index contributed by atoms with van der Waals surface area (Å²) in [6, 6.07) is 8.28. The molecule has 13 heavy (non-hydrogen) atoms. The van der Waals surface area contributed by atoms with Gasteiger partial charge in [-0.15, -0.1) is 0 Å².